The van der Waals surface area contributed by atoms with Gasteiger partial charge in [-0.25, -0.2) is 0 Å². The van der Waals surface area contributed by atoms with E-state index >= 15 is 0 Å². The lowest BCUT2D eigenvalue weighted by Crippen LogP contribution is -2.04. The Morgan fingerprint density at radius 1 is 1.36 bits per heavy atom. The molecule has 0 saturated heterocycles. The largest absolute Gasteiger partial charge is 0.416 e. The van der Waals surface area contributed by atoms with Crippen LogP contribution in [0.15, 0.2) is 23.3 Å². The van der Waals surface area contributed by atoms with Crippen LogP contribution in [0.4, 0.5) is 18.9 Å². The van der Waals surface area contributed by atoms with Crippen molar-refractivity contribution >= 4 is 17.3 Å². The average Bonchev–Trinajstić information content (AvgIpc) is 2.07. The van der Waals surface area contributed by atoms with E-state index in [0.717, 1.165) is 6.07 Å². The molecule has 0 atom stereocenters. The zero-order valence-electron chi connectivity index (χ0n) is 6.59. The fourth-order valence-corrected chi connectivity index (χ4v) is 1.04. The number of azide groups is 1. The van der Waals surface area contributed by atoms with Crippen LogP contribution >= 0.6 is 11.6 Å². The quantitative estimate of drug-likeness (QED) is 0.386. The third-order valence-electron chi connectivity index (χ3n) is 1.42. The lowest BCUT2D eigenvalue weighted by Gasteiger charge is -2.09. The van der Waals surface area contributed by atoms with Crippen LogP contribution in [0, 0.1) is 0 Å². The topological polar surface area (TPSA) is 48.8 Å². The normalized spacial score (nSPS) is 10.9. The number of halogens is 4. The highest BCUT2D eigenvalue weighted by Crippen LogP contribution is 2.37. The Hall–Kier alpha value is -1.39. The highest BCUT2D eigenvalue weighted by molar-refractivity contribution is 6.30. The summed E-state index contributed by atoms with van der Waals surface area (Å²) in [7, 11) is 0. The first-order chi connectivity index (χ1) is 6.45. The van der Waals surface area contributed by atoms with Gasteiger partial charge in [-0.2, -0.15) is 13.2 Å². The number of nitrogens with zero attached hydrogens (tertiary/aromatic N) is 3. The van der Waals surface area contributed by atoms with Crippen LogP contribution in [0.2, 0.25) is 5.02 Å². The summed E-state index contributed by atoms with van der Waals surface area (Å²) in [6.07, 6.45) is -4.57. The summed E-state index contributed by atoms with van der Waals surface area (Å²) in [6.45, 7) is 0. The van der Waals surface area contributed by atoms with Gasteiger partial charge >= 0.3 is 6.18 Å². The minimum atomic E-state index is -4.57. The molecule has 0 radical (unpaired) electrons. The summed E-state index contributed by atoms with van der Waals surface area (Å²) < 4.78 is 36.9. The standard InChI is InChI=1S/C7H3ClF3N3/c8-4-1-2-6(13-14-12)5(3-4)7(9,10)11/h1-3H. The smallest absolute Gasteiger partial charge is 0.166 e. The summed E-state index contributed by atoms with van der Waals surface area (Å²) in [5.74, 6) is 0. The molecule has 0 aromatic heterocycles. The minimum absolute atomic E-state index is 0.0609. The van der Waals surface area contributed by atoms with Gasteiger partial charge < -0.3 is 0 Å². The van der Waals surface area contributed by atoms with E-state index in [1.165, 1.54) is 6.07 Å². The summed E-state index contributed by atoms with van der Waals surface area (Å²) in [5.41, 5.74) is 6.52. The molecular formula is C7H3ClF3N3. The molecule has 0 unspecified atom stereocenters. The zero-order valence-corrected chi connectivity index (χ0v) is 7.34. The van der Waals surface area contributed by atoms with Gasteiger partial charge in [-0.15, -0.1) is 0 Å². The van der Waals surface area contributed by atoms with Gasteiger partial charge in [0.15, 0.2) is 0 Å². The minimum Gasteiger partial charge on any atom is -0.166 e. The molecule has 0 aliphatic rings. The van der Waals surface area contributed by atoms with E-state index in [1.54, 1.807) is 0 Å². The maximum Gasteiger partial charge on any atom is 0.416 e. The van der Waals surface area contributed by atoms with Gasteiger partial charge in [0.05, 0.1) is 5.56 Å². The van der Waals surface area contributed by atoms with Crippen molar-refractivity contribution in [3.63, 3.8) is 0 Å². The van der Waals surface area contributed by atoms with Crippen molar-refractivity contribution < 1.29 is 13.2 Å². The zero-order chi connectivity index (χ0) is 10.8. The molecule has 0 fully saturated rings. The monoisotopic (exact) mass is 221 g/mol. The predicted molar refractivity (Wildman–Crippen MR) is 45.3 cm³/mol. The Bertz CT molecular complexity index is 396. The molecule has 0 saturated carbocycles. The highest BCUT2D eigenvalue weighted by Gasteiger charge is 2.33. The van der Waals surface area contributed by atoms with Gasteiger partial charge in [0, 0.05) is 15.6 Å². The van der Waals surface area contributed by atoms with E-state index in [4.69, 9.17) is 17.1 Å². The molecule has 0 spiro atoms. The van der Waals surface area contributed by atoms with Crippen molar-refractivity contribution in [3.05, 3.63) is 39.2 Å². The Kier molecular flexibility index (Phi) is 2.88. The number of alkyl halides is 3. The fourth-order valence-electron chi connectivity index (χ4n) is 0.871. The second-order valence-corrected chi connectivity index (χ2v) is 2.79. The van der Waals surface area contributed by atoms with Crippen molar-refractivity contribution in [2.24, 2.45) is 5.11 Å². The SMILES string of the molecule is [N-]=[N+]=Nc1ccc(Cl)cc1C(F)(F)F. The number of benzene rings is 1. The van der Waals surface area contributed by atoms with Crippen molar-refractivity contribution in [2.45, 2.75) is 6.18 Å². The molecule has 0 amide bonds. The van der Waals surface area contributed by atoms with E-state index in [-0.39, 0.29) is 5.02 Å². The third kappa shape index (κ3) is 2.31. The van der Waals surface area contributed by atoms with Gasteiger partial charge in [0.2, 0.25) is 0 Å². The molecule has 0 heterocycles. The predicted octanol–water partition coefficient (Wildman–Crippen LogP) is 4.30. The van der Waals surface area contributed by atoms with E-state index in [9.17, 15) is 13.2 Å². The van der Waals surface area contributed by atoms with E-state index in [0.29, 0.717) is 6.07 Å². The summed E-state index contributed by atoms with van der Waals surface area (Å²) in [6, 6.07) is 2.96. The van der Waals surface area contributed by atoms with Crippen LogP contribution < -0.4 is 0 Å². The molecule has 0 aliphatic carbocycles. The Labute approximate surface area is 81.7 Å². The lowest BCUT2D eigenvalue weighted by atomic mass is 10.2. The summed E-state index contributed by atoms with van der Waals surface area (Å²) in [5, 5.41) is 2.86. The fraction of sp³-hybridized carbons (Fsp3) is 0.143. The van der Waals surface area contributed by atoms with Gasteiger partial charge in [0.1, 0.15) is 0 Å². The van der Waals surface area contributed by atoms with Crippen LogP contribution in [0.1, 0.15) is 5.56 Å². The maximum absolute atomic E-state index is 12.3. The molecule has 0 aliphatic heterocycles. The second-order valence-electron chi connectivity index (χ2n) is 2.35. The summed E-state index contributed by atoms with van der Waals surface area (Å²) >= 11 is 5.39. The lowest BCUT2D eigenvalue weighted by molar-refractivity contribution is -0.137. The average molecular weight is 222 g/mol. The molecule has 1 rings (SSSR count). The van der Waals surface area contributed by atoms with Gasteiger partial charge in [-0.05, 0) is 17.7 Å². The first-order valence-corrected chi connectivity index (χ1v) is 3.75. The molecule has 14 heavy (non-hydrogen) atoms. The van der Waals surface area contributed by atoms with E-state index < -0.39 is 17.4 Å². The van der Waals surface area contributed by atoms with Crippen LogP contribution in [0.5, 0.6) is 0 Å². The molecule has 3 nitrogen and oxygen atoms in total. The first-order valence-electron chi connectivity index (χ1n) is 3.37. The molecule has 0 N–H and O–H groups in total. The van der Waals surface area contributed by atoms with Gasteiger partial charge in [-0.3, -0.25) is 0 Å². The van der Waals surface area contributed by atoms with E-state index in [1.807, 2.05) is 0 Å². The van der Waals surface area contributed by atoms with Crippen molar-refractivity contribution in [1.29, 1.82) is 0 Å². The highest BCUT2D eigenvalue weighted by atomic mass is 35.5. The van der Waals surface area contributed by atoms with Crippen molar-refractivity contribution in [1.82, 2.24) is 0 Å². The second kappa shape index (κ2) is 3.77. The number of rotatable bonds is 1. The molecule has 74 valence electrons. The van der Waals surface area contributed by atoms with Crippen LogP contribution in [-0.2, 0) is 6.18 Å². The van der Waals surface area contributed by atoms with Crippen molar-refractivity contribution in [3.8, 4) is 0 Å². The molecule has 7 heteroatoms. The Morgan fingerprint density at radius 3 is 2.50 bits per heavy atom. The summed E-state index contributed by atoms with van der Waals surface area (Å²) in [4.78, 5) is 2.29. The van der Waals surface area contributed by atoms with Crippen LogP contribution in [-0.4, -0.2) is 0 Å². The number of hydrogen-bond donors (Lipinski definition) is 0. The van der Waals surface area contributed by atoms with E-state index in [2.05, 4.69) is 10.0 Å². The molecule has 1 aromatic rings. The Balaban J connectivity index is 3.37. The van der Waals surface area contributed by atoms with Crippen LogP contribution in [0.3, 0.4) is 0 Å². The third-order valence-corrected chi connectivity index (χ3v) is 1.65. The van der Waals surface area contributed by atoms with Crippen molar-refractivity contribution in [2.75, 3.05) is 0 Å². The molecule has 0 bridgehead atoms. The molecular weight excluding hydrogens is 219 g/mol. The van der Waals surface area contributed by atoms with Gasteiger partial charge in [0.25, 0.3) is 0 Å². The van der Waals surface area contributed by atoms with Gasteiger partial charge in [-0.1, -0.05) is 22.8 Å². The van der Waals surface area contributed by atoms with Crippen LogP contribution in [0.25, 0.3) is 10.4 Å². The Morgan fingerprint density at radius 2 is 2.00 bits per heavy atom. The molecule has 1 aromatic carbocycles. The maximum atomic E-state index is 12.3. The number of hydrogen-bond acceptors (Lipinski definition) is 1. The first kappa shape index (κ1) is 10.7.